The molecule has 0 aliphatic carbocycles. The lowest BCUT2D eigenvalue weighted by Crippen LogP contribution is -2.32. The van der Waals surface area contributed by atoms with E-state index in [2.05, 4.69) is 114 Å². The molecular weight excluding hydrogens is 579 g/mol. The van der Waals surface area contributed by atoms with Crippen molar-refractivity contribution in [2.24, 2.45) is 0 Å². The van der Waals surface area contributed by atoms with E-state index in [1.54, 1.807) is 0 Å². The number of benzene rings is 3. The molecule has 0 amide bonds. The highest BCUT2D eigenvalue weighted by Crippen LogP contribution is 2.62. The first-order chi connectivity index (χ1) is 21.4. The fourth-order valence-corrected chi connectivity index (χ4v) is 10.9. The zero-order valence-corrected chi connectivity index (χ0v) is 29.8. The van der Waals surface area contributed by atoms with Crippen molar-refractivity contribution in [3.63, 3.8) is 0 Å². The summed E-state index contributed by atoms with van der Waals surface area (Å²) in [7, 11) is 0. The van der Waals surface area contributed by atoms with E-state index in [1.165, 1.54) is 57.4 Å². The Hall–Kier alpha value is -1.96. The Balaban J connectivity index is 1.52. The number of unbranched alkanes of at least 4 members (excludes halogenated alkanes) is 6. The normalized spacial score (nSPS) is 12.1. The van der Waals surface area contributed by atoms with Gasteiger partial charge in [-0.15, -0.1) is 0 Å². The van der Waals surface area contributed by atoms with Gasteiger partial charge in [0, 0.05) is 13.2 Å². The van der Waals surface area contributed by atoms with Crippen LogP contribution in [0.15, 0.2) is 78.9 Å². The predicted molar refractivity (Wildman–Crippen MR) is 196 cm³/mol. The van der Waals surface area contributed by atoms with Crippen molar-refractivity contribution in [3.05, 3.63) is 101 Å². The van der Waals surface area contributed by atoms with E-state index in [0.29, 0.717) is 0 Å². The monoisotopic (exact) mass is 635 g/mol. The van der Waals surface area contributed by atoms with E-state index < -0.39 is 6.62 Å². The van der Waals surface area contributed by atoms with Gasteiger partial charge >= 0.3 is 0 Å². The van der Waals surface area contributed by atoms with Crippen molar-refractivity contribution in [1.82, 2.24) is 0 Å². The van der Waals surface area contributed by atoms with Crippen molar-refractivity contribution in [2.75, 3.05) is 13.2 Å². The number of hydrogen-bond acceptors (Lipinski definition) is 2. The van der Waals surface area contributed by atoms with Crippen LogP contribution in [0.3, 0.4) is 0 Å². The SMILES string of the molecule is CCCCOC(CCCCC/C=C/CCCc1cccc([P+](Cl)(c2ccccc2C)c2ccccc2C)c1C)OCCCC. The van der Waals surface area contributed by atoms with Gasteiger partial charge in [0.05, 0.1) is 0 Å². The molecule has 0 saturated carbocycles. The highest BCUT2D eigenvalue weighted by atomic mass is 35.7. The molecule has 240 valence electrons. The zero-order valence-electron chi connectivity index (χ0n) is 28.1. The van der Waals surface area contributed by atoms with Gasteiger partial charge in [-0.3, -0.25) is 0 Å². The number of aryl methyl sites for hydroxylation is 3. The summed E-state index contributed by atoms with van der Waals surface area (Å²) in [5.74, 6) is 0. The Labute approximate surface area is 274 Å². The maximum absolute atomic E-state index is 7.92. The van der Waals surface area contributed by atoms with Crippen LogP contribution in [0.4, 0.5) is 0 Å². The fourth-order valence-electron chi connectivity index (χ4n) is 5.81. The highest BCUT2D eigenvalue weighted by molar-refractivity contribution is 8.15. The van der Waals surface area contributed by atoms with Gasteiger partial charge in [0.15, 0.2) is 6.29 Å². The van der Waals surface area contributed by atoms with Crippen molar-refractivity contribution < 1.29 is 9.47 Å². The second-order valence-electron chi connectivity index (χ2n) is 12.1. The summed E-state index contributed by atoms with van der Waals surface area (Å²) in [4.78, 5) is 0. The maximum Gasteiger partial charge on any atom is 0.211 e. The van der Waals surface area contributed by atoms with Crippen molar-refractivity contribution in [2.45, 2.75) is 118 Å². The molecule has 0 unspecified atom stereocenters. The molecule has 3 aromatic rings. The minimum absolute atomic E-state index is 0.0230. The number of ether oxygens (including phenoxy) is 2. The molecule has 0 saturated heterocycles. The summed E-state index contributed by atoms with van der Waals surface area (Å²) in [5.41, 5.74) is 5.28. The molecule has 3 aromatic carbocycles. The number of allylic oxidation sites excluding steroid dienone is 2. The third kappa shape index (κ3) is 10.8. The molecule has 0 fully saturated rings. The molecule has 0 radical (unpaired) electrons. The lowest BCUT2D eigenvalue weighted by atomic mass is 10.0. The van der Waals surface area contributed by atoms with E-state index in [4.69, 9.17) is 20.7 Å². The van der Waals surface area contributed by atoms with Crippen LogP contribution in [-0.2, 0) is 15.9 Å². The Kier molecular flexibility index (Phi) is 16.8. The largest absolute Gasteiger partial charge is 0.353 e. The molecule has 4 heteroatoms. The van der Waals surface area contributed by atoms with E-state index in [0.717, 1.165) is 71.0 Å². The van der Waals surface area contributed by atoms with Crippen LogP contribution in [0.2, 0.25) is 0 Å². The summed E-state index contributed by atoms with van der Waals surface area (Å²) in [6.45, 7) is 10.4. The minimum Gasteiger partial charge on any atom is -0.353 e. The molecule has 44 heavy (non-hydrogen) atoms. The van der Waals surface area contributed by atoms with Crippen molar-refractivity contribution in [3.8, 4) is 0 Å². The molecule has 0 aromatic heterocycles. The summed E-state index contributed by atoms with van der Waals surface area (Å²) in [6.07, 6.45) is 18.4. The smallest absolute Gasteiger partial charge is 0.211 e. The van der Waals surface area contributed by atoms with E-state index in [9.17, 15) is 0 Å². The second-order valence-corrected chi connectivity index (χ2v) is 16.2. The lowest BCUT2D eigenvalue weighted by Gasteiger charge is -2.24. The van der Waals surface area contributed by atoms with Crippen LogP contribution in [0.25, 0.3) is 0 Å². The van der Waals surface area contributed by atoms with Gasteiger partial charge in [0.25, 0.3) is 0 Å². The average Bonchev–Trinajstić information content (AvgIpc) is 3.02. The molecule has 0 N–H and O–H groups in total. The zero-order chi connectivity index (χ0) is 31.6. The molecule has 2 nitrogen and oxygen atoms in total. The molecule has 0 bridgehead atoms. The van der Waals surface area contributed by atoms with Crippen LogP contribution in [0.1, 0.15) is 107 Å². The fraction of sp³-hybridized carbons (Fsp3) is 0.500. The second kappa shape index (κ2) is 20.2. The minimum atomic E-state index is -2.31. The van der Waals surface area contributed by atoms with Gasteiger partial charge in [-0.05, 0) is 119 Å². The van der Waals surface area contributed by atoms with Crippen molar-refractivity contribution >= 4 is 33.8 Å². The summed E-state index contributed by atoms with van der Waals surface area (Å²) < 4.78 is 12.0. The quantitative estimate of drug-likeness (QED) is 0.0502. The van der Waals surface area contributed by atoms with Gasteiger partial charge in [0.2, 0.25) is 6.62 Å². The van der Waals surface area contributed by atoms with Gasteiger partial charge < -0.3 is 9.47 Å². The van der Waals surface area contributed by atoms with E-state index in [-0.39, 0.29) is 6.29 Å². The van der Waals surface area contributed by atoms with E-state index >= 15 is 0 Å². The van der Waals surface area contributed by atoms with E-state index in [1.807, 2.05) is 0 Å². The molecular formula is C40H57ClO2P+. The topological polar surface area (TPSA) is 18.5 Å². The molecule has 0 aliphatic heterocycles. The lowest BCUT2D eigenvalue weighted by molar-refractivity contribution is -0.147. The number of hydrogen-bond donors (Lipinski definition) is 0. The van der Waals surface area contributed by atoms with Crippen molar-refractivity contribution in [1.29, 1.82) is 0 Å². The number of halogens is 1. The standard InChI is InChI=1S/C40H57ClO2P/c1-6-8-31-42-40(43-32-9-7-2)30-17-15-13-11-10-12-14-16-25-36-26-22-29-39(35(36)5)44(41,37-27-20-18-23-33(37)3)38-28-21-19-24-34(38)4/h10,12,18-24,26-29,40H,6-9,11,13-17,25,30-32H2,1-5H3/q+1/b12-10+. The molecule has 3 rings (SSSR count). The highest BCUT2D eigenvalue weighted by Gasteiger charge is 2.48. The number of rotatable bonds is 21. The third-order valence-corrected chi connectivity index (χ3v) is 13.7. The average molecular weight is 636 g/mol. The first-order valence-electron chi connectivity index (χ1n) is 17.1. The van der Waals surface area contributed by atoms with Crippen LogP contribution in [0.5, 0.6) is 0 Å². The van der Waals surface area contributed by atoms with Gasteiger partial charge in [-0.25, -0.2) is 0 Å². The summed E-state index contributed by atoms with van der Waals surface area (Å²) in [5, 5.41) is 3.83. The Bertz CT molecular complexity index is 1210. The van der Waals surface area contributed by atoms with Crippen LogP contribution >= 0.6 is 17.9 Å². The van der Waals surface area contributed by atoms with Gasteiger partial charge in [0.1, 0.15) is 27.2 Å². The maximum atomic E-state index is 7.92. The van der Waals surface area contributed by atoms with Gasteiger partial charge in [-0.2, -0.15) is 0 Å². The molecule has 0 atom stereocenters. The molecule has 0 heterocycles. The first-order valence-corrected chi connectivity index (χ1v) is 19.8. The van der Waals surface area contributed by atoms with Crippen LogP contribution < -0.4 is 15.9 Å². The third-order valence-electron chi connectivity index (χ3n) is 8.54. The Morgan fingerprint density at radius 1 is 0.636 bits per heavy atom. The van der Waals surface area contributed by atoms with Crippen LogP contribution in [-0.4, -0.2) is 19.5 Å². The van der Waals surface area contributed by atoms with Crippen LogP contribution in [0, 0.1) is 20.8 Å². The predicted octanol–water partition coefficient (Wildman–Crippen LogP) is 10.8. The summed E-state index contributed by atoms with van der Waals surface area (Å²) >= 11 is 7.92. The Morgan fingerprint density at radius 2 is 1.18 bits per heavy atom. The first kappa shape index (κ1) is 36.5. The van der Waals surface area contributed by atoms with Gasteiger partial charge in [-0.1, -0.05) is 93.8 Å². The summed E-state index contributed by atoms with van der Waals surface area (Å²) in [6, 6.07) is 24.1. The molecule has 0 spiro atoms. The molecule has 0 aliphatic rings. The Morgan fingerprint density at radius 3 is 1.75 bits per heavy atom.